The Bertz CT molecular complexity index is 705. The fourth-order valence-corrected chi connectivity index (χ4v) is 6.90. The van der Waals surface area contributed by atoms with Crippen LogP contribution < -0.4 is 15.9 Å². The van der Waals surface area contributed by atoms with Gasteiger partial charge in [0.1, 0.15) is 0 Å². The van der Waals surface area contributed by atoms with Crippen molar-refractivity contribution < 1.29 is 9.32 Å². The molecule has 25 heavy (non-hydrogen) atoms. The molecular weight excluding hydrogens is 327 g/mol. The van der Waals surface area contributed by atoms with Gasteiger partial charge < -0.3 is 0 Å². The molecule has 0 aliphatic heterocycles. The third-order valence-electron chi connectivity index (χ3n) is 4.26. The molecule has 0 aromatic heterocycles. The molecule has 0 amide bonds. The fraction of sp³-hybridized carbons (Fsp3) is 0.136. The van der Waals surface area contributed by atoms with E-state index in [2.05, 4.69) is 36.4 Å². The fourth-order valence-electron chi connectivity index (χ4n) is 3.12. The van der Waals surface area contributed by atoms with Gasteiger partial charge >= 0.3 is 149 Å². The SMILES string of the molecule is CCCC(=O)O[PH](c1ccccc1)(c1ccccc1)c1ccccc1. The van der Waals surface area contributed by atoms with Crippen LogP contribution in [0.1, 0.15) is 19.8 Å². The van der Waals surface area contributed by atoms with Crippen LogP contribution in [0, 0.1) is 0 Å². The van der Waals surface area contributed by atoms with Gasteiger partial charge in [0.15, 0.2) is 0 Å². The first-order valence-electron chi connectivity index (χ1n) is 8.66. The Kier molecular flexibility index (Phi) is 5.63. The zero-order chi connectivity index (χ0) is 17.5. The Morgan fingerprint density at radius 1 is 0.720 bits per heavy atom. The Balaban J connectivity index is 2.26. The molecule has 2 nitrogen and oxygen atoms in total. The molecule has 0 fully saturated rings. The van der Waals surface area contributed by atoms with Crippen LogP contribution in [-0.2, 0) is 9.32 Å². The molecule has 128 valence electrons. The van der Waals surface area contributed by atoms with Crippen LogP contribution in [0.2, 0.25) is 0 Å². The molecule has 0 bridgehead atoms. The van der Waals surface area contributed by atoms with Crippen molar-refractivity contribution in [2.45, 2.75) is 19.8 Å². The monoisotopic (exact) mass is 350 g/mol. The van der Waals surface area contributed by atoms with Crippen molar-refractivity contribution in [2.24, 2.45) is 0 Å². The first-order valence-corrected chi connectivity index (χ1v) is 10.6. The zero-order valence-electron chi connectivity index (χ0n) is 14.4. The van der Waals surface area contributed by atoms with E-state index in [0.717, 1.165) is 22.3 Å². The van der Waals surface area contributed by atoms with Gasteiger partial charge in [-0.15, -0.1) is 0 Å². The predicted molar refractivity (Wildman–Crippen MR) is 108 cm³/mol. The van der Waals surface area contributed by atoms with Gasteiger partial charge in [-0.3, -0.25) is 0 Å². The van der Waals surface area contributed by atoms with E-state index in [1.165, 1.54) is 0 Å². The average Bonchev–Trinajstić information content (AvgIpc) is 2.68. The van der Waals surface area contributed by atoms with E-state index >= 15 is 0 Å². The average molecular weight is 350 g/mol. The number of hydrogen-bond acceptors (Lipinski definition) is 2. The summed E-state index contributed by atoms with van der Waals surface area (Å²) in [6.45, 7) is 2.00. The molecule has 3 aromatic carbocycles. The number of hydrogen-bond donors (Lipinski definition) is 0. The summed E-state index contributed by atoms with van der Waals surface area (Å²) in [5.74, 6) is -0.134. The standard InChI is InChI=1S/C22H23O2P/c1-2-12-22(23)24-25(19-13-6-3-7-14-19,20-15-8-4-9-16-20)21-17-10-5-11-18-21/h3-11,13-18,25H,2,12H2,1H3. The molecule has 0 saturated carbocycles. The Labute approximate surface area is 149 Å². The van der Waals surface area contributed by atoms with E-state index in [-0.39, 0.29) is 5.97 Å². The van der Waals surface area contributed by atoms with Crippen LogP contribution in [0.5, 0.6) is 0 Å². The van der Waals surface area contributed by atoms with Crippen molar-refractivity contribution in [3.8, 4) is 0 Å². The molecule has 0 saturated heterocycles. The quantitative estimate of drug-likeness (QED) is 0.629. The first kappa shape index (κ1) is 17.4. The molecule has 0 aliphatic rings. The van der Waals surface area contributed by atoms with Gasteiger partial charge in [-0.2, -0.15) is 0 Å². The molecule has 0 spiro atoms. The molecule has 3 rings (SSSR count). The minimum absolute atomic E-state index is 0.134. The van der Waals surface area contributed by atoms with E-state index in [4.69, 9.17) is 4.52 Å². The van der Waals surface area contributed by atoms with E-state index in [9.17, 15) is 4.79 Å². The minimum atomic E-state index is -2.87. The van der Waals surface area contributed by atoms with E-state index in [0.29, 0.717) is 6.42 Å². The van der Waals surface area contributed by atoms with Gasteiger partial charge in [0.25, 0.3) is 0 Å². The zero-order valence-corrected chi connectivity index (χ0v) is 15.4. The third-order valence-corrected chi connectivity index (χ3v) is 8.24. The summed E-state index contributed by atoms with van der Waals surface area (Å²) in [4.78, 5) is 12.6. The molecule has 0 N–H and O–H groups in total. The van der Waals surface area contributed by atoms with Gasteiger partial charge in [-0.1, -0.05) is 0 Å². The Morgan fingerprint density at radius 3 is 1.40 bits per heavy atom. The van der Waals surface area contributed by atoms with Gasteiger partial charge in [0, 0.05) is 0 Å². The van der Waals surface area contributed by atoms with Gasteiger partial charge in [0.05, 0.1) is 0 Å². The van der Waals surface area contributed by atoms with Crippen molar-refractivity contribution >= 4 is 29.4 Å². The number of benzene rings is 3. The Hall–Kier alpha value is -2.44. The summed E-state index contributed by atoms with van der Waals surface area (Å²) in [6.07, 6.45) is 1.21. The van der Waals surface area contributed by atoms with Crippen LogP contribution in [0.25, 0.3) is 0 Å². The van der Waals surface area contributed by atoms with Crippen molar-refractivity contribution in [2.75, 3.05) is 0 Å². The second-order valence-electron chi connectivity index (χ2n) is 6.00. The number of rotatable bonds is 6. The third kappa shape index (κ3) is 3.65. The van der Waals surface area contributed by atoms with Gasteiger partial charge in [-0.25, -0.2) is 0 Å². The van der Waals surface area contributed by atoms with Crippen LogP contribution in [-0.4, -0.2) is 5.97 Å². The molecule has 0 atom stereocenters. The van der Waals surface area contributed by atoms with Crippen molar-refractivity contribution in [3.63, 3.8) is 0 Å². The normalized spacial score (nSPS) is 11.7. The topological polar surface area (TPSA) is 26.3 Å². The van der Waals surface area contributed by atoms with Gasteiger partial charge in [0.2, 0.25) is 0 Å². The summed E-state index contributed by atoms with van der Waals surface area (Å²) < 4.78 is 6.34. The predicted octanol–water partition coefficient (Wildman–Crippen LogP) is 3.97. The van der Waals surface area contributed by atoms with Crippen molar-refractivity contribution in [3.05, 3.63) is 91.0 Å². The van der Waals surface area contributed by atoms with Crippen molar-refractivity contribution in [1.29, 1.82) is 0 Å². The van der Waals surface area contributed by atoms with Gasteiger partial charge in [-0.05, 0) is 0 Å². The molecule has 3 heteroatoms. The summed E-state index contributed by atoms with van der Waals surface area (Å²) in [5.41, 5.74) is 0. The summed E-state index contributed by atoms with van der Waals surface area (Å²) in [6, 6.07) is 30.5. The summed E-state index contributed by atoms with van der Waals surface area (Å²) in [5, 5.41) is 3.24. The number of carbonyl (C=O) groups is 1. The van der Waals surface area contributed by atoms with Crippen LogP contribution in [0.15, 0.2) is 91.0 Å². The molecule has 0 radical (unpaired) electrons. The second-order valence-corrected chi connectivity index (χ2v) is 9.30. The van der Waals surface area contributed by atoms with Crippen molar-refractivity contribution in [1.82, 2.24) is 0 Å². The Morgan fingerprint density at radius 2 is 1.08 bits per heavy atom. The summed E-state index contributed by atoms with van der Waals surface area (Å²) in [7, 11) is -2.87. The molecule has 0 aliphatic carbocycles. The van der Waals surface area contributed by atoms with E-state index < -0.39 is 7.49 Å². The second kappa shape index (κ2) is 8.09. The maximum atomic E-state index is 12.6. The molecule has 0 unspecified atom stereocenters. The van der Waals surface area contributed by atoms with E-state index in [1.807, 2.05) is 61.5 Å². The van der Waals surface area contributed by atoms with Crippen LogP contribution >= 0.6 is 7.49 Å². The molecule has 3 aromatic rings. The summed E-state index contributed by atoms with van der Waals surface area (Å²) >= 11 is 0. The molecular formula is C22H23O2P. The first-order chi connectivity index (χ1) is 12.3. The maximum absolute atomic E-state index is 12.6. The van der Waals surface area contributed by atoms with E-state index in [1.54, 1.807) is 0 Å². The molecule has 0 heterocycles. The number of carbonyl (C=O) groups excluding carboxylic acids is 1. The van der Waals surface area contributed by atoms with Crippen LogP contribution in [0.4, 0.5) is 0 Å². The van der Waals surface area contributed by atoms with Crippen LogP contribution in [0.3, 0.4) is 0 Å².